The molecule has 2 aromatic rings. The molecule has 0 aliphatic rings. The summed E-state index contributed by atoms with van der Waals surface area (Å²) in [5.74, 6) is -1.96. The Labute approximate surface area is 124 Å². The molecular weight excluding hydrogens is 327 g/mol. The molecule has 5 nitrogen and oxygen atoms in total. The van der Waals surface area contributed by atoms with E-state index in [1.165, 1.54) is 24.3 Å². The molecule has 0 radical (unpaired) electrons. The number of carboxylic acids is 1. The minimum Gasteiger partial charge on any atom is -0.478 e. The van der Waals surface area contributed by atoms with Crippen molar-refractivity contribution >= 4 is 39.0 Å². The lowest BCUT2D eigenvalue weighted by Crippen LogP contribution is -2.08. The summed E-state index contributed by atoms with van der Waals surface area (Å²) in [6.07, 6.45) is 1.13. The van der Waals surface area contributed by atoms with Crippen molar-refractivity contribution in [2.24, 2.45) is 0 Å². The molecule has 1 N–H and O–H groups in total. The summed E-state index contributed by atoms with van der Waals surface area (Å²) in [6.45, 7) is 0. The Hall–Kier alpha value is -1.50. The van der Waals surface area contributed by atoms with Crippen LogP contribution >= 0.6 is 23.2 Å². The van der Waals surface area contributed by atoms with Crippen LogP contribution in [0.2, 0.25) is 10.0 Å². The molecule has 0 amide bonds. The Morgan fingerprint density at radius 2 is 1.90 bits per heavy atom. The van der Waals surface area contributed by atoms with Crippen LogP contribution in [0.15, 0.2) is 39.8 Å². The van der Waals surface area contributed by atoms with Crippen LogP contribution in [-0.2, 0) is 15.6 Å². The molecule has 0 aliphatic heterocycles. The van der Waals surface area contributed by atoms with Crippen LogP contribution in [0.25, 0.3) is 0 Å². The summed E-state index contributed by atoms with van der Waals surface area (Å²) in [6, 6.07) is 5.06. The predicted octanol–water partition coefficient (Wildman–Crippen LogP) is 3.26. The zero-order valence-corrected chi connectivity index (χ0v) is 12.2. The van der Waals surface area contributed by atoms with Gasteiger partial charge in [0.25, 0.3) is 0 Å². The molecule has 0 bridgehead atoms. The van der Waals surface area contributed by atoms with E-state index in [0.29, 0.717) is 0 Å². The van der Waals surface area contributed by atoms with Crippen molar-refractivity contribution in [3.63, 3.8) is 0 Å². The van der Waals surface area contributed by atoms with Crippen LogP contribution in [-0.4, -0.2) is 19.5 Å². The molecule has 0 atom stereocenters. The van der Waals surface area contributed by atoms with Gasteiger partial charge in [-0.3, -0.25) is 0 Å². The third-order valence-electron chi connectivity index (χ3n) is 2.55. The Morgan fingerprint density at radius 1 is 1.20 bits per heavy atom. The number of furan rings is 1. The van der Waals surface area contributed by atoms with Crippen LogP contribution < -0.4 is 0 Å². The van der Waals surface area contributed by atoms with Crippen LogP contribution in [0.5, 0.6) is 0 Å². The van der Waals surface area contributed by atoms with Crippen LogP contribution in [0.4, 0.5) is 0 Å². The van der Waals surface area contributed by atoms with Crippen molar-refractivity contribution in [2.75, 3.05) is 0 Å². The molecule has 1 aromatic heterocycles. The van der Waals surface area contributed by atoms with Gasteiger partial charge in [-0.15, -0.1) is 0 Å². The maximum Gasteiger partial charge on any atom is 0.339 e. The van der Waals surface area contributed by atoms with Gasteiger partial charge in [0.1, 0.15) is 17.1 Å². The average molecular weight is 335 g/mol. The molecule has 20 heavy (non-hydrogen) atoms. The van der Waals surface area contributed by atoms with Crippen molar-refractivity contribution in [2.45, 2.75) is 10.6 Å². The minimum atomic E-state index is -3.78. The number of rotatable bonds is 4. The molecule has 0 fully saturated rings. The van der Waals surface area contributed by atoms with Crippen molar-refractivity contribution in [3.8, 4) is 0 Å². The fourth-order valence-corrected chi connectivity index (χ4v) is 3.24. The number of aromatic carboxylic acids is 1. The van der Waals surface area contributed by atoms with E-state index in [9.17, 15) is 13.2 Å². The van der Waals surface area contributed by atoms with Gasteiger partial charge in [0.05, 0.1) is 21.2 Å². The van der Waals surface area contributed by atoms with Crippen molar-refractivity contribution < 1.29 is 22.7 Å². The average Bonchev–Trinajstić information content (AvgIpc) is 2.80. The van der Waals surface area contributed by atoms with E-state index >= 15 is 0 Å². The topological polar surface area (TPSA) is 84.6 Å². The Bertz CT molecular complexity index is 764. The summed E-state index contributed by atoms with van der Waals surface area (Å²) in [5.41, 5.74) is -0.186. The zero-order chi connectivity index (χ0) is 14.9. The van der Waals surface area contributed by atoms with E-state index in [-0.39, 0.29) is 26.3 Å². The lowest BCUT2D eigenvalue weighted by atomic mass is 10.3. The first-order chi connectivity index (χ1) is 9.31. The summed E-state index contributed by atoms with van der Waals surface area (Å²) < 4.78 is 29.3. The maximum absolute atomic E-state index is 12.2. The lowest BCUT2D eigenvalue weighted by Gasteiger charge is -2.05. The highest BCUT2D eigenvalue weighted by Gasteiger charge is 2.23. The number of sulfone groups is 1. The van der Waals surface area contributed by atoms with Crippen molar-refractivity contribution in [3.05, 3.63) is 51.9 Å². The van der Waals surface area contributed by atoms with E-state index in [1.54, 1.807) is 0 Å². The molecule has 0 unspecified atom stereocenters. The third kappa shape index (κ3) is 2.98. The van der Waals surface area contributed by atoms with Gasteiger partial charge >= 0.3 is 5.97 Å². The van der Waals surface area contributed by atoms with Gasteiger partial charge in [0.15, 0.2) is 9.84 Å². The number of hydrogen-bond donors (Lipinski definition) is 1. The maximum atomic E-state index is 12.2. The second kappa shape index (κ2) is 5.47. The third-order valence-corrected chi connectivity index (χ3v) is 4.90. The highest BCUT2D eigenvalue weighted by molar-refractivity contribution is 7.90. The van der Waals surface area contributed by atoms with Gasteiger partial charge < -0.3 is 9.52 Å². The molecule has 0 aliphatic carbocycles. The van der Waals surface area contributed by atoms with E-state index < -0.39 is 21.6 Å². The minimum absolute atomic E-state index is 0.0559. The number of halogens is 2. The van der Waals surface area contributed by atoms with Gasteiger partial charge in [-0.2, -0.15) is 0 Å². The van der Waals surface area contributed by atoms with E-state index in [4.69, 9.17) is 32.7 Å². The molecule has 0 saturated carbocycles. The summed E-state index contributed by atoms with van der Waals surface area (Å²) in [4.78, 5) is 10.9. The number of hydrogen-bond acceptors (Lipinski definition) is 4. The second-order valence-corrected chi connectivity index (χ2v) is 6.70. The van der Waals surface area contributed by atoms with Gasteiger partial charge in [-0.25, -0.2) is 13.2 Å². The number of carbonyl (C=O) groups is 1. The first kappa shape index (κ1) is 14.9. The Kier molecular flexibility index (Phi) is 4.08. The van der Waals surface area contributed by atoms with Gasteiger partial charge in [-0.1, -0.05) is 23.2 Å². The molecule has 1 heterocycles. The number of benzene rings is 1. The quantitative estimate of drug-likeness (QED) is 0.927. The molecular formula is C12H8Cl2O5S. The second-order valence-electron chi connectivity index (χ2n) is 3.90. The van der Waals surface area contributed by atoms with E-state index in [0.717, 1.165) is 6.26 Å². The normalized spacial score (nSPS) is 11.5. The molecule has 106 valence electrons. The molecule has 0 saturated heterocycles. The van der Waals surface area contributed by atoms with Crippen LogP contribution in [0, 0.1) is 0 Å². The van der Waals surface area contributed by atoms with Crippen LogP contribution in [0.1, 0.15) is 16.1 Å². The summed E-state index contributed by atoms with van der Waals surface area (Å²) >= 11 is 11.5. The molecule has 2 rings (SSSR count). The highest BCUT2D eigenvalue weighted by Crippen LogP contribution is 2.27. The highest BCUT2D eigenvalue weighted by atomic mass is 35.5. The van der Waals surface area contributed by atoms with Crippen LogP contribution in [0.3, 0.4) is 0 Å². The van der Waals surface area contributed by atoms with Crippen molar-refractivity contribution in [1.29, 1.82) is 0 Å². The Morgan fingerprint density at radius 3 is 2.50 bits per heavy atom. The van der Waals surface area contributed by atoms with Gasteiger partial charge in [-0.05, 0) is 24.3 Å². The standard InChI is InChI=1S/C12H8Cl2O5S/c13-9-2-1-7(5-10(9)14)20(17,18)6-11-8(12(15)16)3-4-19-11/h1-5H,6H2,(H,15,16). The lowest BCUT2D eigenvalue weighted by molar-refractivity contribution is 0.0695. The largest absolute Gasteiger partial charge is 0.478 e. The summed E-state index contributed by atoms with van der Waals surface area (Å²) in [5, 5.41) is 9.24. The molecule has 8 heteroatoms. The summed E-state index contributed by atoms with van der Waals surface area (Å²) in [7, 11) is -3.78. The first-order valence-electron chi connectivity index (χ1n) is 5.29. The smallest absolute Gasteiger partial charge is 0.339 e. The monoisotopic (exact) mass is 334 g/mol. The van der Waals surface area contributed by atoms with E-state index in [1.807, 2.05) is 0 Å². The SMILES string of the molecule is O=C(O)c1ccoc1CS(=O)(=O)c1ccc(Cl)c(Cl)c1. The Balaban J connectivity index is 2.38. The van der Waals surface area contributed by atoms with E-state index in [2.05, 4.69) is 0 Å². The van der Waals surface area contributed by atoms with Gasteiger partial charge in [0.2, 0.25) is 0 Å². The predicted molar refractivity (Wildman–Crippen MR) is 73.0 cm³/mol. The zero-order valence-electron chi connectivity index (χ0n) is 9.84. The first-order valence-corrected chi connectivity index (χ1v) is 7.69. The van der Waals surface area contributed by atoms with Gasteiger partial charge in [0, 0.05) is 0 Å². The number of carboxylic acid groups (broad SMARTS) is 1. The fraction of sp³-hybridized carbons (Fsp3) is 0.0833. The fourth-order valence-electron chi connectivity index (χ4n) is 1.57. The molecule has 0 spiro atoms. The molecule has 1 aromatic carbocycles. The van der Waals surface area contributed by atoms with Crippen molar-refractivity contribution in [1.82, 2.24) is 0 Å².